The van der Waals surface area contributed by atoms with Gasteiger partial charge < -0.3 is 14.0 Å². The zero-order chi connectivity index (χ0) is 32.0. The van der Waals surface area contributed by atoms with Gasteiger partial charge in [-0.25, -0.2) is 0 Å². The molecule has 0 amide bonds. The fourth-order valence-corrected chi connectivity index (χ4v) is 8.32. The Morgan fingerprint density at radius 1 is 0.354 bits per heavy atom. The summed E-state index contributed by atoms with van der Waals surface area (Å²) in [4.78, 5) is 2.48. The summed E-state index contributed by atoms with van der Waals surface area (Å²) in [6.07, 6.45) is 0. The van der Waals surface area contributed by atoms with Crippen molar-refractivity contribution in [3.63, 3.8) is 0 Å². The zero-order valence-corrected chi connectivity index (χ0v) is 26.9. The van der Waals surface area contributed by atoms with Crippen molar-refractivity contribution in [2.45, 2.75) is 19.3 Å². The molecule has 0 N–H and O–H groups in total. The lowest BCUT2D eigenvalue weighted by molar-refractivity contribution is 0.632. The van der Waals surface area contributed by atoms with E-state index in [2.05, 4.69) is 192 Å². The molecule has 1 aliphatic rings. The zero-order valence-electron chi connectivity index (χ0n) is 26.9. The normalized spacial score (nSPS) is 13.8. The van der Waals surface area contributed by atoms with Gasteiger partial charge in [-0.2, -0.15) is 0 Å². The third-order valence-electron chi connectivity index (χ3n) is 10.5. The third-order valence-corrected chi connectivity index (χ3v) is 10.5. The summed E-state index contributed by atoms with van der Waals surface area (Å²) in [5.41, 5.74) is 13.1. The van der Waals surface area contributed by atoms with Crippen LogP contribution >= 0.6 is 0 Å². The molecule has 0 aliphatic carbocycles. The molecule has 3 nitrogen and oxygen atoms in total. The molecular weight excluding hydrogens is 583 g/mol. The van der Waals surface area contributed by atoms with Crippen LogP contribution < -0.4 is 4.90 Å². The lowest BCUT2D eigenvalue weighted by Gasteiger charge is -2.42. The number of anilines is 3. The molecule has 1 aliphatic heterocycles. The van der Waals surface area contributed by atoms with Gasteiger partial charge in [0, 0.05) is 27.0 Å². The molecule has 48 heavy (non-hydrogen) atoms. The number of nitrogens with zero attached hydrogens (tertiary/aromatic N) is 3. The van der Waals surface area contributed by atoms with Crippen molar-refractivity contribution in [2.24, 2.45) is 0 Å². The standard InChI is InChI=1S/C45H33N3/c1-45(2)37-19-7-13-25-43(37)48(44-26-14-8-20-38(44)45)32-28-30(46-39-21-9-3-15-33(39)34-16-4-10-22-40(34)46)27-31(29-32)47-41-23-11-5-17-35(41)36-18-6-12-24-42(36)47/h3-29H,1-2H3. The van der Waals surface area contributed by atoms with Crippen LogP contribution in [0.15, 0.2) is 164 Å². The number of rotatable bonds is 3. The summed E-state index contributed by atoms with van der Waals surface area (Å²) < 4.78 is 4.88. The summed E-state index contributed by atoms with van der Waals surface area (Å²) in [7, 11) is 0. The lowest BCUT2D eigenvalue weighted by atomic mass is 9.73. The lowest BCUT2D eigenvalue weighted by Crippen LogP contribution is -2.30. The Morgan fingerprint density at radius 2 is 0.667 bits per heavy atom. The summed E-state index contributed by atoms with van der Waals surface area (Å²) in [5, 5.41) is 5.03. The van der Waals surface area contributed by atoms with Crippen molar-refractivity contribution in [1.82, 2.24) is 9.13 Å². The van der Waals surface area contributed by atoms with Crippen molar-refractivity contribution in [3.05, 3.63) is 175 Å². The van der Waals surface area contributed by atoms with E-state index < -0.39 is 0 Å². The van der Waals surface area contributed by atoms with Gasteiger partial charge in [0.1, 0.15) is 0 Å². The van der Waals surface area contributed by atoms with Gasteiger partial charge in [0.25, 0.3) is 0 Å². The molecular formula is C45H33N3. The number of aromatic nitrogens is 2. The smallest absolute Gasteiger partial charge is 0.0541 e. The monoisotopic (exact) mass is 615 g/mol. The van der Waals surface area contributed by atoms with E-state index >= 15 is 0 Å². The van der Waals surface area contributed by atoms with Crippen LogP contribution in [0, 0.1) is 0 Å². The molecule has 0 fully saturated rings. The summed E-state index contributed by atoms with van der Waals surface area (Å²) in [6, 6.07) is 60.0. The van der Waals surface area contributed by atoms with Crippen LogP contribution in [0.2, 0.25) is 0 Å². The van der Waals surface area contributed by atoms with Crippen LogP contribution in [0.1, 0.15) is 25.0 Å². The predicted molar refractivity (Wildman–Crippen MR) is 202 cm³/mol. The van der Waals surface area contributed by atoms with Crippen molar-refractivity contribution in [1.29, 1.82) is 0 Å². The second kappa shape index (κ2) is 9.97. The number of para-hydroxylation sites is 6. The van der Waals surface area contributed by atoms with Crippen LogP contribution in [0.3, 0.4) is 0 Å². The van der Waals surface area contributed by atoms with Crippen LogP contribution in [0.25, 0.3) is 55.0 Å². The SMILES string of the molecule is CC1(C)c2ccccc2N(c2cc(-n3c4ccccc4c4ccccc43)cc(-n3c4ccccc4c4ccccc43)c2)c2ccccc21. The van der Waals surface area contributed by atoms with Gasteiger partial charge in [-0.1, -0.05) is 123 Å². The second-order valence-corrected chi connectivity index (χ2v) is 13.4. The minimum Gasteiger partial charge on any atom is -0.310 e. The quantitative estimate of drug-likeness (QED) is 0.193. The van der Waals surface area contributed by atoms with E-state index in [4.69, 9.17) is 0 Å². The fraction of sp³-hybridized carbons (Fsp3) is 0.0667. The average molecular weight is 616 g/mol. The first-order valence-electron chi connectivity index (χ1n) is 16.7. The van der Waals surface area contributed by atoms with Gasteiger partial charge in [0.15, 0.2) is 0 Å². The Morgan fingerprint density at radius 3 is 1.06 bits per heavy atom. The van der Waals surface area contributed by atoms with E-state index in [1.807, 2.05) is 0 Å². The maximum Gasteiger partial charge on any atom is 0.0541 e. The molecule has 3 heterocycles. The van der Waals surface area contributed by atoms with Gasteiger partial charge >= 0.3 is 0 Å². The molecule has 7 aromatic carbocycles. The first kappa shape index (κ1) is 27.1. The number of benzene rings is 7. The van der Waals surface area contributed by atoms with Crippen molar-refractivity contribution < 1.29 is 0 Å². The Labute approximate surface area is 279 Å². The number of hydrogen-bond donors (Lipinski definition) is 0. The Kier molecular flexibility index (Phi) is 5.63. The molecule has 0 radical (unpaired) electrons. The Hall–Kier alpha value is -6.06. The molecule has 0 spiro atoms. The molecule has 0 saturated carbocycles. The maximum atomic E-state index is 2.48. The maximum absolute atomic E-state index is 2.48. The fourth-order valence-electron chi connectivity index (χ4n) is 8.32. The third kappa shape index (κ3) is 3.70. The minimum atomic E-state index is -0.135. The van der Waals surface area contributed by atoms with Gasteiger partial charge in [-0.15, -0.1) is 0 Å². The minimum absolute atomic E-state index is 0.135. The molecule has 2 aromatic heterocycles. The average Bonchev–Trinajstić information content (AvgIpc) is 3.65. The van der Waals surface area contributed by atoms with Gasteiger partial charge in [-0.3, -0.25) is 0 Å². The van der Waals surface area contributed by atoms with E-state index in [1.165, 1.54) is 66.1 Å². The Bertz CT molecular complexity index is 2430. The van der Waals surface area contributed by atoms with Crippen molar-refractivity contribution in [3.8, 4) is 11.4 Å². The highest BCUT2D eigenvalue weighted by molar-refractivity contribution is 6.10. The molecule has 0 atom stereocenters. The molecule has 0 unspecified atom stereocenters. The van der Waals surface area contributed by atoms with Gasteiger partial charge in [0.05, 0.1) is 50.5 Å². The van der Waals surface area contributed by atoms with Crippen LogP contribution in [0.4, 0.5) is 17.1 Å². The van der Waals surface area contributed by atoms with E-state index in [0.29, 0.717) is 0 Å². The summed E-state index contributed by atoms with van der Waals surface area (Å²) >= 11 is 0. The van der Waals surface area contributed by atoms with E-state index in [0.717, 1.165) is 17.1 Å². The highest BCUT2D eigenvalue weighted by atomic mass is 15.2. The van der Waals surface area contributed by atoms with Crippen LogP contribution in [-0.4, -0.2) is 9.13 Å². The molecule has 0 bridgehead atoms. The molecule has 228 valence electrons. The van der Waals surface area contributed by atoms with Crippen LogP contribution in [-0.2, 0) is 5.41 Å². The van der Waals surface area contributed by atoms with Crippen molar-refractivity contribution in [2.75, 3.05) is 4.90 Å². The molecule has 10 rings (SSSR count). The highest BCUT2D eigenvalue weighted by Crippen LogP contribution is 2.52. The van der Waals surface area contributed by atoms with E-state index in [9.17, 15) is 0 Å². The Balaban J connectivity index is 1.35. The van der Waals surface area contributed by atoms with E-state index in [1.54, 1.807) is 0 Å². The first-order chi connectivity index (χ1) is 23.6. The second-order valence-electron chi connectivity index (χ2n) is 13.4. The molecule has 9 aromatic rings. The number of fused-ring (bicyclic) bond motifs is 8. The largest absolute Gasteiger partial charge is 0.310 e. The molecule has 0 saturated heterocycles. The highest BCUT2D eigenvalue weighted by Gasteiger charge is 2.36. The topological polar surface area (TPSA) is 13.1 Å². The van der Waals surface area contributed by atoms with Gasteiger partial charge in [-0.05, 0) is 65.7 Å². The predicted octanol–water partition coefficient (Wildman–Crippen LogP) is 12.0. The molecule has 3 heteroatoms. The first-order valence-corrected chi connectivity index (χ1v) is 16.7. The number of hydrogen-bond acceptors (Lipinski definition) is 1. The van der Waals surface area contributed by atoms with Crippen molar-refractivity contribution >= 4 is 60.7 Å². The van der Waals surface area contributed by atoms with E-state index in [-0.39, 0.29) is 5.41 Å². The summed E-state index contributed by atoms with van der Waals surface area (Å²) in [5.74, 6) is 0. The summed E-state index contributed by atoms with van der Waals surface area (Å²) in [6.45, 7) is 4.69. The van der Waals surface area contributed by atoms with Gasteiger partial charge in [0.2, 0.25) is 0 Å². The van der Waals surface area contributed by atoms with Crippen LogP contribution in [0.5, 0.6) is 0 Å².